The van der Waals surface area contributed by atoms with Crippen molar-refractivity contribution in [3.63, 3.8) is 0 Å². The van der Waals surface area contributed by atoms with E-state index in [0.29, 0.717) is 24.6 Å². The Kier molecular flexibility index (Phi) is 5.43. The third-order valence-corrected chi connectivity index (χ3v) is 5.63. The minimum Gasteiger partial charge on any atom is -0.339 e. The molecule has 0 spiro atoms. The number of carbonyl (C=O) groups excluding carboxylic acids is 1. The van der Waals surface area contributed by atoms with E-state index >= 15 is 0 Å². The molecule has 0 bridgehead atoms. The van der Waals surface area contributed by atoms with Crippen molar-refractivity contribution in [2.45, 2.75) is 24.2 Å². The lowest BCUT2D eigenvalue weighted by Gasteiger charge is -2.06. The summed E-state index contributed by atoms with van der Waals surface area (Å²) in [6.07, 6.45) is 0.663. The van der Waals surface area contributed by atoms with Gasteiger partial charge in [0.2, 0.25) is 17.6 Å². The lowest BCUT2D eigenvalue weighted by atomic mass is 10.2. The van der Waals surface area contributed by atoms with E-state index in [1.165, 1.54) is 11.3 Å². The van der Waals surface area contributed by atoms with Gasteiger partial charge in [0, 0.05) is 12.8 Å². The molecule has 0 saturated carbocycles. The first kappa shape index (κ1) is 18.2. The molecule has 0 radical (unpaired) electrons. The number of halogens is 1. The fourth-order valence-corrected chi connectivity index (χ4v) is 3.80. The Morgan fingerprint density at radius 2 is 2.00 bits per heavy atom. The molecule has 10 heteroatoms. The Morgan fingerprint density at radius 3 is 2.69 bits per heavy atom. The number of rotatable bonds is 7. The monoisotopic (exact) mass is 395 g/mol. The summed E-state index contributed by atoms with van der Waals surface area (Å²) in [5.74, 6) is -0.356. The van der Waals surface area contributed by atoms with Gasteiger partial charge in [-0.05, 0) is 42.1 Å². The number of sulfonamides is 1. The molecule has 136 valence electrons. The molecule has 2 aromatic heterocycles. The molecule has 0 aliphatic rings. The number of amides is 1. The van der Waals surface area contributed by atoms with Crippen LogP contribution in [-0.4, -0.2) is 24.5 Å². The maximum Gasteiger partial charge on any atom is 0.264 e. The van der Waals surface area contributed by atoms with Crippen LogP contribution in [0.4, 0.5) is 4.39 Å². The minimum absolute atomic E-state index is 0.0306. The van der Waals surface area contributed by atoms with Crippen LogP contribution in [0.15, 0.2) is 51.2 Å². The number of hydrogen-bond acceptors (Lipinski definition) is 7. The van der Waals surface area contributed by atoms with Crippen LogP contribution in [0.2, 0.25) is 0 Å². The van der Waals surface area contributed by atoms with Gasteiger partial charge in [0.25, 0.3) is 10.0 Å². The minimum atomic E-state index is -4.01. The summed E-state index contributed by atoms with van der Waals surface area (Å²) in [5.41, 5.74) is 0. The van der Waals surface area contributed by atoms with Gasteiger partial charge in [-0.15, -0.1) is 11.3 Å². The number of benzene rings is 1. The third kappa shape index (κ3) is 4.52. The Hall–Kier alpha value is -2.59. The SMILES string of the molecule is O=C(CCCc1nc(-c2cccs2)no1)NS(=O)(=O)c1ccc(F)cc1. The van der Waals surface area contributed by atoms with Crippen LogP contribution in [0.3, 0.4) is 0 Å². The smallest absolute Gasteiger partial charge is 0.264 e. The quantitative estimate of drug-likeness (QED) is 0.660. The zero-order valence-electron chi connectivity index (χ0n) is 13.4. The molecule has 0 aliphatic carbocycles. The maximum absolute atomic E-state index is 12.9. The summed E-state index contributed by atoms with van der Waals surface area (Å²) in [5, 5.41) is 5.76. The van der Waals surface area contributed by atoms with Gasteiger partial charge < -0.3 is 4.52 Å². The molecule has 1 N–H and O–H groups in total. The summed E-state index contributed by atoms with van der Waals surface area (Å²) >= 11 is 1.48. The van der Waals surface area contributed by atoms with Gasteiger partial charge in [0.05, 0.1) is 9.77 Å². The highest BCUT2D eigenvalue weighted by Crippen LogP contribution is 2.21. The van der Waals surface area contributed by atoms with Crippen molar-refractivity contribution in [3.05, 3.63) is 53.5 Å². The van der Waals surface area contributed by atoms with Crippen molar-refractivity contribution in [2.24, 2.45) is 0 Å². The molecule has 0 saturated heterocycles. The van der Waals surface area contributed by atoms with Crippen LogP contribution in [0.1, 0.15) is 18.7 Å². The van der Waals surface area contributed by atoms with E-state index in [9.17, 15) is 17.6 Å². The van der Waals surface area contributed by atoms with Crippen molar-refractivity contribution in [2.75, 3.05) is 0 Å². The molecular weight excluding hydrogens is 381 g/mol. The van der Waals surface area contributed by atoms with Crippen molar-refractivity contribution in [1.29, 1.82) is 0 Å². The van der Waals surface area contributed by atoms with E-state index in [1.54, 1.807) is 0 Å². The van der Waals surface area contributed by atoms with Crippen molar-refractivity contribution in [3.8, 4) is 10.7 Å². The zero-order valence-corrected chi connectivity index (χ0v) is 15.0. The molecule has 0 atom stereocenters. The van der Waals surface area contributed by atoms with Crippen LogP contribution >= 0.6 is 11.3 Å². The summed E-state index contributed by atoms with van der Waals surface area (Å²) in [6.45, 7) is 0. The summed E-state index contributed by atoms with van der Waals surface area (Å²) in [4.78, 5) is 16.8. The van der Waals surface area contributed by atoms with Crippen LogP contribution in [0.25, 0.3) is 10.7 Å². The van der Waals surface area contributed by atoms with Crippen molar-refractivity contribution >= 4 is 27.3 Å². The average Bonchev–Trinajstić information content (AvgIpc) is 3.26. The Bertz CT molecular complexity index is 983. The van der Waals surface area contributed by atoms with Gasteiger partial charge in [-0.2, -0.15) is 4.98 Å². The molecule has 3 rings (SSSR count). The van der Waals surface area contributed by atoms with Crippen LogP contribution in [0, 0.1) is 5.82 Å². The topological polar surface area (TPSA) is 102 Å². The lowest BCUT2D eigenvalue weighted by molar-refractivity contribution is -0.119. The maximum atomic E-state index is 12.9. The van der Waals surface area contributed by atoms with E-state index in [4.69, 9.17) is 4.52 Å². The number of aromatic nitrogens is 2. The molecule has 3 aromatic rings. The number of aryl methyl sites for hydroxylation is 1. The average molecular weight is 395 g/mol. The first-order valence-electron chi connectivity index (χ1n) is 7.62. The number of thiophene rings is 1. The largest absolute Gasteiger partial charge is 0.339 e. The highest BCUT2D eigenvalue weighted by molar-refractivity contribution is 7.90. The second-order valence-corrected chi connectivity index (χ2v) is 7.96. The number of nitrogens with one attached hydrogen (secondary N) is 1. The highest BCUT2D eigenvalue weighted by atomic mass is 32.2. The molecule has 0 unspecified atom stereocenters. The number of hydrogen-bond donors (Lipinski definition) is 1. The summed E-state index contributed by atoms with van der Waals surface area (Å²) in [6, 6.07) is 7.96. The van der Waals surface area contributed by atoms with Gasteiger partial charge in [-0.1, -0.05) is 11.2 Å². The Labute approximate surface area is 152 Å². The second-order valence-electron chi connectivity index (χ2n) is 5.33. The number of carbonyl (C=O) groups is 1. The van der Waals surface area contributed by atoms with Gasteiger partial charge in [0.15, 0.2) is 0 Å². The van der Waals surface area contributed by atoms with E-state index in [2.05, 4.69) is 10.1 Å². The molecule has 0 aliphatic heterocycles. The molecule has 2 heterocycles. The molecule has 1 amide bonds. The van der Waals surface area contributed by atoms with Crippen LogP contribution in [-0.2, 0) is 21.2 Å². The summed E-state index contributed by atoms with van der Waals surface area (Å²) in [7, 11) is -4.01. The molecule has 26 heavy (non-hydrogen) atoms. The van der Waals surface area contributed by atoms with Crippen molar-refractivity contribution in [1.82, 2.24) is 14.9 Å². The van der Waals surface area contributed by atoms with Gasteiger partial charge >= 0.3 is 0 Å². The third-order valence-electron chi connectivity index (χ3n) is 3.38. The molecular formula is C16H14FN3O4S2. The van der Waals surface area contributed by atoms with Gasteiger partial charge in [-0.25, -0.2) is 17.5 Å². The number of nitrogens with zero attached hydrogens (tertiary/aromatic N) is 2. The standard InChI is InChI=1S/C16H14FN3O4S2/c17-11-6-8-12(9-7-11)26(22,23)20-14(21)4-1-5-15-18-16(19-24-15)13-3-2-10-25-13/h2-3,6-10H,1,4-5H2,(H,20,21). The van der Waals surface area contributed by atoms with Gasteiger partial charge in [0.1, 0.15) is 5.82 Å². The van der Waals surface area contributed by atoms with Crippen LogP contribution in [0.5, 0.6) is 0 Å². The fourth-order valence-electron chi connectivity index (χ4n) is 2.14. The Balaban J connectivity index is 1.50. The normalized spacial score (nSPS) is 11.4. The molecule has 1 aromatic carbocycles. The highest BCUT2D eigenvalue weighted by Gasteiger charge is 2.18. The van der Waals surface area contributed by atoms with Gasteiger partial charge in [-0.3, -0.25) is 4.79 Å². The zero-order chi connectivity index (χ0) is 18.6. The predicted octanol–water partition coefficient (Wildman–Crippen LogP) is 2.77. The fraction of sp³-hybridized carbons (Fsp3) is 0.188. The Morgan fingerprint density at radius 1 is 1.23 bits per heavy atom. The molecule has 0 fully saturated rings. The van der Waals surface area contributed by atoms with E-state index in [0.717, 1.165) is 29.1 Å². The summed E-state index contributed by atoms with van der Waals surface area (Å²) < 4.78 is 44.0. The van der Waals surface area contributed by atoms with Crippen LogP contribution < -0.4 is 4.72 Å². The first-order valence-corrected chi connectivity index (χ1v) is 9.98. The molecule has 7 nitrogen and oxygen atoms in total. The predicted molar refractivity (Wildman–Crippen MR) is 92.3 cm³/mol. The lowest BCUT2D eigenvalue weighted by Crippen LogP contribution is -2.30. The van der Waals surface area contributed by atoms with E-state index in [-0.39, 0.29) is 11.3 Å². The van der Waals surface area contributed by atoms with E-state index < -0.39 is 21.7 Å². The van der Waals surface area contributed by atoms with Crippen molar-refractivity contribution < 1.29 is 22.1 Å². The van der Waals surface area contributed by atoms with E-state index in [1.807, 2.05) is 22.2 Å². The second kappa shape index (κ2) is 7.75. The first-order chi connectivity index (χ1) is 12.4.